The number of ketones is 1. The van der Waals surface area contributed by atoms with Crippen molar-refractivity contribution in [1.82, 2.24) is 14.7 Å². The monoisotopic (exact) mass is 585 g/mol. The highest BCUT2D eigenvalue weighted by Crippen LogP contribution is 2.39. The van der Waals surface area contributed by atoms with E-state index in [9.17, 15) is 13.2 Å². The van der Waals surface area contributed by atoms with Crippen LogP contribution in [0.25, 0.3) is 0 Å². The summed E-state index contributed by atoms with van der Waals surface area (Å²) in [4.78, 5) is 24.3. The fraction of sp³-hybridized carbons (Fsp3) is 0.522. The molecule has 0 spiro atoms. The summed E-state index contributed by atoms with van der Waals surface area (Å²) in [5.41, 5.74) is 6.56. The Labute approximate surface area is 209 Å². The molecule has 0 radical (unpaired) electrons. The predicted molar refractivity (Wildman–Crippen MR) is 139 cm³/mol. The van der Waals surface area contributed by atoms with Crippen molar-refractivity contribution >= 4 is 50.0 Å². The molecule has 0 aromatic carbocycles. The van der Waals surface area contributed by atoms with Crippen molar-refractivity contribution in [1.29, 1.82) is 0 Å². The number of nitrogens with two attached hydrogens (primary N) is 1. The highest BCUT2D eigenvalue weighted by Gasteiger charge is 2.39. The van der Waals surface area contributed by atoms with Crippen LogP contribution in [-0.2, 0) is 15.4 Å². The maximum Gasteiger partial charge on any atom is 0.258 e. The van der Waals surface area contributed by atoms with Gasteiger partial charge in [-0.05, 0) is 67.0 Å². The number of nitrogen functional groups attached to an aromatic ring is 1. The fourth-order valence-electron chi connectivity index (χ4n) is 4.29. The van der Waals surface area contributed by atoms with Gasteiger partial charge in [0.15, 0.2) is 10.8 Å². The number of halogens is 1. The summed E-state index contributed by atoms with van der Waals surface area (Å²) in [5.74, 6) is 0.809. The van der Waals surface area contributed by atoms with Crippen LogP contribution in [0.3, 0.4) is 0 Å². The van der Waals surface area contributed by atoms with Crippen LogP contribution in [0.15, 0.2) is 29.3 Å². The highest BCUT2D eigenvalue weighted by atomic mass is 127. The summed E-state index contributed by atoms with van der Waals surface area (Å²) in [6, 6.07) is 6.17. The summed E-state index contributed by atoms with van der Waals surface area (Å²) in [7, 11) is -3.99. The summed E-state index contributed by atoms with van der Waals surface area (Å²) in [5, 5.41) is -0.221. The van der Waals surface area contributed by atoms with Gasteiger partial charge < -0.3 is 10.6 Å². The number of nitrogens with zero attached hydrogens (tertiary/aromatic N) is 3. The quantitative estimate of drug-likeness (QED) is 0.392. The first-order valence-electron chi connectivity index (χ1n) is 10.9. The van der Waals surface area contributed by atoms with Gasteiger partial charge in [0.1, 0.15) is 11.6 Å². The maximum absolute atomic E-state index is 13.3. The van der Waals surface area contributed by atoms with Crippen molar-refractivity contribution in [2.75, 3.05) is 23.7 Å². The molecule has 0 bridgehead atoms. The Morgan fingerprint density at radius 3 is 2.52 bits per heavy atom. The fourth-order valence-corrected chi connectivity index (χ4v) is 6.48. The van der Waals surface area contributed by atoms with Crippen LogP contribution in [0.2, 0.25) is 0 Å². The number of hydrogen-bond acceptors (Lipinski definition) is 7. The zero-order valence-electron chi connectivity index (χ0n) is 19.9. The molecule has 1 fully saturated rings. The van der Waals surface area contributed by atoms with Crippen LogP contribution in [0.4, 0.5) is 11.6 Å². The van der Waals surface area contributed by atoms with E-state index < -0.39 is 16.6 Å². The van der Waals surface area contributed by atoms with Crippen molar-refractivity contribution in [3.05, 3.63) is 39.1 Å². The molecule has 3 heterocycles. The highest BCUT2D eigenvalue weighted by molar-refractivity contribution is 14.1. The van der Waals surface area contributed by atoms with E-state index in [1.54, 1.807) is 0 Å². The Balaban J connectivity index is 1.99. The number of anilines is 2. The van der Waals surface area contributed by atoms with Crippen LogP contribution in [0.5, 0.6) is 0 Å². The minimum atomic E-state index is -3.99. The third-order valence-electron chi connectivity index (χ3n) is 5.74. The molecule has 0 unspecified atom stereocenters. The predicted octanol–water partition coefficient (Wildman–Crippen LogP) is 3.75. The lowest BCUT2D eigenvalue weighted by atomic mass is 9.90. The largest absolute Gasteiger partial charge is 0.384 e. The van der Waals surface area contributed by atoms with Gasteiger partial charge in [-0.3, -0.25) is 4.79 Å². The lowest BCUT2D eigenvalue weighted by Gasteiger charge is -2.35. The van der Waals surface area contributed by atoms with Crippen LogP contribution in [0.1, 0.15) is 64.0 Å². The number of carbonyl (C=O) groups excluding carboxylic acids is 1. The van der Waals surface area contributed by atoms with Crippen LogP contribution < -0.4 is 15.4 Å². The van der Waals surface area contributed by atoms with Crippen molar-refractivity contribution in [3.8, 4) is 0 Å². The molecule has 2 aromatic heterocycles. The van der Waals surface area contributed by atoms with Crippen molar-refractivity contribution in [3.63, 3.8) is 0 Å². The molecular formula is C23H32IN5O3S. The van der Waals surface area contributed by atoms with E-state index in [-0.39, 0.29) is 27.6 Å². The molecular weight excluding hydrogens is 553 g/mol. The second-order valence-electron chi connectivity index (χ2n) is 10.3. The second-order valence-corrected chi connectivity index (χ2v) is 13.2. The zero-order valence-corrected chi connectivity index (χ0v) is 22.9. The zero-order chi connectivity index (χ0) is 24.8. The van der Waals surface area contributed by atoms with Crippen LogP contribution in [-0.4, -0.2) is 42.8 Å². The first-order valence-corrected chi connectivity index (χ1v) is 13.4. The van der Waals surface area contributed by atoms with E-state index in [1.807, 2.05) is 6.07 Å². The van der Waals surface area contributed by atoms with Gasteiger partial charge in [0.25, 0.3) is 10.0 Å². The molecule has 3 rings (SSSR count). The van der Waals surface area contributed by atoms with Crippen molar-refractivity contribution in [2.45, 2.75) is 63.9 Å². The molecule has 180 valence electrons. The van der Waals surface area contributed by atoms with Gasteiger partial charge in [-0.15, -0.1) is 0 Å². The molecule has 1 atom stereocenters. The first-order chi connectivity index (χ1) is 15.1. The van der Waals surface area contributed by atoms with E-state index in [0.29, 0.717) is 17.3 Å². The molecule has 10 heteroatoms. The number of Topliss-reactive ketones (excluding diaryl/α,β-unsaturated/α-hetero) is 1. The Hall–Kier alpha value is -1.79. The Morgan fingerprint density at radius 1 is 1.30 bits per heavy atom. The minimum absolute atomic E-state index is 0.0911. The lowest BCUT2D eigenvalue weighted by Crippen LogP contribution is -2.41. The Morgan fingerprint density at radius 2 is 1.97 bits per heavy atom. The van der Waals surface area contributed by atoms with Crippen molar-refractivity contribution in [2.24, 2.45) is 5.92 Å². The van der Waals surface area contributed by atoms with Gasteiger partial charge in [-0.1, -0.05) is 33.8 Å². The average Bonchev–Trinajstić information content (AvgIpc) is 2.97. The van der Waals surface area contributed by atoms with Crippen molar-refractivity contribution < 1.29 is 13.2 Å². The Bertz CT molecular complexity index is 1180. The molecule has 33 heavy (non-hydrogen) atoms. The number of rotatable bonds is 6. The number of aromatic nitrogens is 2. The number of nitrogens with one attached hydrogen (secondary N) is 1. The molecule has 1 aliphatic rings. The third-order valence-corrected chi connectivity index (χ3v) is 7.86. The van der Waals surface area contributed by atoms with Gasteiger partial charge >= 0.3 is 0 Å². The summed E-state index contributed by atoms with van der Waals surface area (Å²) in [6.07, 6.45) is 0.979. The molecule has 1 aliphatic heterocycles. The molecule has 8 nitrogen and oxygen atoms in total. The lowest BCUT2D eigenvalue weighted by molar-refractivity contribution is 0.0997. The summed E-state index contributed by atoms with van der Waals surface area (Å²) < 4.78 is 28.5. The van der Waals surface area contributed by atoms with Gasteiger partial charge in [-0.2, -0.15) is 0 Å². The SMILES string of the molecule is C[C@@H]1CN(c2nc(C(C)(C)C)c(I)cc2C(=O)CNS(=O)(=O)c2cccc(N)n2)C(C)(C)C1. The number of hydrogen-bond donors (Lipinski definition) is 2. The Kier molecular flexibility index (Phi) is 7.12. The van der Waals surface area contributed by atoms with Gasteiger partial charge in [0.05, 0.1) is 17.8 Å². The van der Waals surface area contributed by atoms with Crippen LogP contribution >= 0.6 is 22.6 Å². The summed E-state index contributed by atoms with van der Waals surface area (Å²) in [6.45, 7) is 13.1. The van der Waals surface area contributed by atoms with E-state index in [2.05, 4.69) is 78.7 Å². The third kappa shape index (κ3) is 5.65. The van der Waals surface area contributed by atoms with E-state index in [1.165, 1.54) is 18.2 Å². The molecule has 3 N–H and O–H groups in total. The number of pyridine rings is 2. The maximum atomic E-state index is 13.3. The number of sulfonamides is 1. The smallest absolute Gasteiger partial charge is 0.258 e. The number of carbonyl (C=O) groups is 1. The molecule has 0 amide bonds. The van der Waals surface area contributed by atoms with E-state index >= 15 is 0 Å². The minimum Gasteiger partial charge on any atom is -0.384 e. The molecule has 2 aromatic rings. The average molecular weight is 586 g/mol. The molecule has 0 saturated carbocycles. The van der Waals surface area contributed by atoms with Gasteiger partial charge in [0, 0.05) is 21.1 Å². The van der Waals surface area contributed by atoms with Gasteiger partial charge in [-0.25, -0.2) is 23.1 Å². The van der Waals surface area contributed by atoms with E-state index in [4.69, 9.17) is 10.7 Å². The summed E-state index contributed by atoms with van der Waals surface area (Å²) >= 11 is 2.20. The van der Waals surface area contributed by atoms with Crippen LogP contribution in [0, 0.1) is 9.49 Å². The normalized spacial score (nSPS) is 18.5. The first kappa shape index (κ1) is 25.8. The van der Waals surface area contributed by atoms with Gasteiger partial charge in [0.2, 0.25) is 0 Å². The van der Waals surface area contributed by atoms with E-state index in [0.717, 1.165) is 22.2 Å². The molecule has 0 aliphatic carbocycles. The second kappa shape index (κ2) is 9.10. The standard InChI is InChI=1S/C23H32IN5O3S/c1-14-11-23(5,6)29(13-14)21-15(10-16(24)20(28-21)22(2,3)4)17(30)12-26-33(31,32)19-9-7-8-18(25)27-19/h7-10,14,26H,11-13H2,1-6H3,(H2,25,27)/t14-/m0/s1. The topological polar surface area (TPSA) is 118 Å². The molecule has 1 saturated heterocycles.